The van der Waals surface area contributed by atoms with Crippen molar-refractivity contribution < 1.29 is 13.6 Å². The molecule has 1 aromatic carbocycles. The SMILES string of the molecule is Cc1cc(C)n(-c2cc(N3CC(C(=O)Nc4cc(F)ccc4F)C3)ncn2)n1. The molecule has 1 saturated heterocycles. The zero-order valence-corrected chi connectivity index (χ0v) is 15.4. The number of anilines is 2. The van der Waals surface area contributed by atoms with Crippen LogP contribution in [0.1, 0.15) is 11.4 Å². The predicted molar refractivity (Wildman–Crippen MR) is 99.3 cm³/mol. The van der Waals surface area contributed by atoms with Crippen LogP contribution >= 0.6 is 0 Å². The van der Waals surface area contributed by atoms with E-state index in [0.29, 0.717) is 24.7 Å². The normalized spacial score (nSPS) is 14.1. The Morgan fingerprint density at radius 2 is 1.86 bits per heavy atom. The van der Waals surface area contributed by atoms with Crippen molar-refractivity contribution in [2.45, 2.75) is 13.8 Å². The van der Waals surface area contributed by atoms with Crippen molar-refractivity contribution in [1.82, 2.24) is 19.7 Å². The van der Waals surface area contributed by atoms with Gasteiger partial charge in [0.1, 0.15) is 23.8 Å². The largest absolute Gasteiger partial charge is 0.355 e. The molecule has 1 aliphatic heterocycles. The number of halogens is 2. The molecule has 4 rings (SSSR count). The summed E-state index contributed by atoms with van der Waals surface area (Å²) >= 11 is 0. The average molecular weight is 384 g/mol. The van der Waals surface area contributed by atoms with Crippen molar-refractivity contribution in [3.05, 3.63) is 59.7 Å². The Labute approximate surface area is 160 Å². The zero-order chi connectivity index (χ0) is 19.8. The first-order valence-corrected chi connectivity index (χ1v) is 8.77. The first-order chi connectivity index (χ1) is 13.4. The minimum atomic E-state index is -0.670. The predicted octanol–water partition coefficient (Wildman–Crippen LogP) is 2.63. The Kier molecular flexibility index (Phi) is 4.50. The lowest BCUT2D eigenvalue weighted by molar-refractivity contribution is -0.120. The molecular formula is C19H18F2N6O. The molecular weight excluding hydrogens is 366 g/mol. The molecule has 28 heavy (non-hydrogen) atoms. The number of carbonyl (C=O) groups excluding carboxylic acids is 1. The molecule has 1 aliphatic rings. The third-order valence-electron chi connectivity index (χ3n) is 4.63. The lowest BCUT2D eigenvalue weighted by Gasteiger charge is -2.39. The molecule has 144 valence electrons. The lowest BCUT2D eigenvalue weighted by atomic mass is 9.99. The number of hydrogen-bond acceptors (Lipinski definition) is 5. The smallest absolute Gasteiger partial charge is 0.231 e. The molecule has 1 amide bonds. The van der Waals surface area contributed by atoms with Crippen LogP contribution in [0.25, 0.3) is 5.82 Å². The molecule has 2 aromatic heterocycles. The van der Waals surface area contributed by atoms with Crippen LogP contribution in [0.3, 0.4) is 0 Å². The highest BCUT2D eigenvalue weighted by Gasteiger charge is 2.34. The molecule has 9 heteroatoms. The van der Waals surface area contributed by atoms with Gasteiger partial charge in [0.15, 0.2) is 5.82 Å². The molecule has 3 heterocycles. The standard InChI is InChI=1S/C19H18F2N6O/c1-11-5-12(2)27(25-11)18-7-17(22-10-23-18)26-8-13(9-26)19(28)24-16-6-14(20)3-4-15(16)21/h3-7,10,13H,8-9H2,1-2H3,(H,24,28). The molecule has 3 aromatic rings. The van der Waals surface area contributed by atoms with Gasteiger partial charge in [0.2, 0.25) is 5.91 Å². The minimum absolute atomic E-state index is 0.155. The Balaban J connectivity index is 1.42. The van der Waals surface area contributed by atoms with Crippen LogP contribution < -0.4 is 10.2 Å². The molecule has 0 spiro atoms. The van der Waals surface area contributed by atoms with Crippen molar-refractivity contribution in [2.75, 3.05) is 23.3 Å². The maximum Gasteiger partial charge on any atom is 0.231 e. The number of benzene rings is 1. The van der Waals surface area contributed by atoms with E-state index < -0.39 is 11.6 Å². The van der Waals surface area contributed by atoms with E-state index in [1.807, 2.05) is 24.8 Å². The first-order valence-electron chi connectivity index (χ1n) is 8.77. The molecule has 0 bridgehead atoms. The summed E-state index contributed by atoms with van der Waals surface area (Å²) in [6, 6.07) is 6.72. The second-order valence-electron chi connectivity index (χ2n) is 6.79. The number of rotatable bonds is 4. The second-order valence-corrected chi connectivity index (χ2v) is 6.79. The van der Waals surface area contributed by atoms with E-state index in [2.05, 4.69) is 20.4 Å². The average Bonchev–Trinajstić information content (AvgIpc) is 2.95. The lowest BCUT2D eigenvalue weighted by Crippen LogP contribution is -2.52. The zero-order valence-electron chi connectivity index (χ0n) is 15.4. The third kappa shape index (κ3) is 3.42. The van der Waals surface area contributed by atoms with Crippen LogP contribution in [0, 0.1) is 31.4 Å². The number of amides is 1. The van der Waals surface area contributed by atoms with E-state index >= 15 is 0 Å². The number of nitrogens with one attached hydrogen (secondary N) is 1. The monoisotopic (exact) mass is 384 g/mol. The molecule has 0 radical (unpaired) electrons. The fraction of sp³-hybridized carbons (Fsp3) is 0.263. The van der Waals surface area contributed by atoms with Gasteiger partial charge in [-0.1, -0.05) is 0 Å². The van der Waals surface area contributed by atoms with Crippen molar-refractivity contribution in [3.63, 3.8) is 0 Å². The van der Waals surface area contributed by atoms with E-state index in [1.54, 1.807) is 10.7 Å². The summed E-state index contributed by atoms with van der Waals surface area (Å²) < 4.78 is 28.7. The van der Waals surface area contributed by atoms with Crippen LogP contribution in [-0.4, -0.2) is 38.7 Å². The topological polar surface area (TPSA) is 75.9 Å². The first kappa shape index (κ1) is 18.0. The van der Waals surface area contributed by atoms with Gasteiger partial charge in [-0.25, -0.2) is 23.4 Å². The van der Waals surface area contributed by atoms with Gasteiger partial charge in [0.25, 0.3) is 0 Å². The number of hydrogen-bond donors (Lipinski definition) is 1. The summed E-state index contributed by atoms with van der Waals surface area (Å²) in [6.07, 6.45) is 1.46. The molecule has 7 nitrogen and oxygen atoms in total. The van der Waals surface area contributed by atoms with Gasteiger partial charge in [-0.05, 0) is 32.0 Å². The van der Waals surface area contributed by atoms with Gasteiger partial charge < -0.3 is 10.2 Å². The van der Waals surface area contributed by atoms with Crippen LogP contribution in [0.5, 0.6) is 0 Å². The van der Waals surface area contributed by atoms with Crippen molar-refractivity contribution in [3.8, 4) is 5.82 Å². The fourth-order valence-electron chi connectivity index (χ4n) is 3.15. The van der Waals surface area contributed by atoms with E-state index in [4.69, 9.17) is 0 Å². The summed E-state index contributed by atoms with van der Waals surface area (Å²) in [4.78, 5) is 22.7. The highest BCUT2D eigenvalue weighted by atomic mass is 19.1. The van der Waals surface area contributed by atoms with E-state index in [9.17, 15) is 13.6 Å². The number of aromatic nitrogens is 4. The molecule has 0 unspecified atom stereocenters. The molecule has 0 atom stereocenters. The Hall–Kier alpha value is -3.36. The van der Waals surface area contributed by atoms with Crippen LogP contribution in [-0.2, 0) is 4.79 Å². The maximum atomic E-state index is 13.7. The van der Waals surface area contributed by atoms with E-state index in [0.717, 1.165) is 29.6 Å². The summed E-state index contributed by atoms with van der Waals surface area (Å²) in [5.74, 6) is -0.645. The quantitative estimate of drug-likeness (QED) is 0.748. The van der Waals surface area contributed by atoms with Crippen LogP contribution in [0.4, 0.5) is 20.3 Å². The molecule has 1 fully saturated rings. The van der Waals surface area contributed by atoms with Gasteiger partial charge in [-0.2, -0.15) is 5.10 Å². The Bertz CT molecular complexity index is 1040. The molecule has 1 N–H and O–H groups in total. The highest BCUT2D eigenvalue weighted by molar-refractivity contribution is 5.94. The van der Waals surface area contributed by atoms with E-state index in [1.165, 1.54) is 6.33 Å². The summed E-state index contributed by atoms with van der Waals surface area (Å²) in [6.45, 7) is 4.70. The van der Waals surface area contributed by atoms with Gasteiger partial charge in [-0.15, -0.1) is 0 Å². The van der Waals surface area contributed by atoms with Crippen molar-refractivity contribution in [1.29, 1.82) is 0 Å². The molecule has 0 aliphatic carbocycles. The van der Waals surface area contributed by atoms with Crippen LogP contribution in [0.15, 0.2) is 36.7 Å². The summed E-state index contributed by atoms with van der Waals surface area (Å²) in [5.41, 5.74) is 1.69. The van der Waals surface area contributed by atoms with Gasteiger partial charge in [0.05, 0.1) is 17.3 Å². The Morgan fingerprint density at radius 1 is 1.11 bits per heavy atom. The number of nitrogens with zero attached hydrogens (tertiary/aromatic N) is 5. The second kappa shape index (κ2) is 6.99. The number of carbonyl (C=O) groups is 1. The third-order valence-corrected chi connectivity index (χ3v) is 4.63. The molecule has 0 saturated carbocycles. The summed E-state index contributed by atoms with van der Waals surface area (Å²) in [5, 5.41) is 6.85. The van der Waals surface area contributed by atoms with Crippen molar-refractivity contribution >= 4 is 17.4 Å². The van der Waals surface area contributed by atoms with E-state index in [-0.39, 0.29) is 17.5 Å². The number of aryl methyl sites for hydroxylation is 2. The van der Waals surface area contributed by atoms with Crippen molar-refractivity contribution in [2.24, 2.45) is 5.92 Å². The van der Waals surface area contributed by atoms with Crippen LogP contribution in [0.2, 0.25) is 0 Å². The summed E-state index contributed by atoms with van der Waals surface area (Å²) in [7, 11) is 0. The Morgan fingerprint density at radius 3 is 2.57 bits per heavy atom. The van der Waals surface area contributed by atoms with Gasteiger partial charge in [-0.3, -0.25) is 4.79 Å². The fourth-order valence-corrected chi connectivity index (χ4v) is 3.15. The maximum absolute atomic E-state index is 13.7. The minimum Gasteiger partial charge on any atom is -0.355 e. The van der Waals surface area contributed by atoms with Gasteiger partial charge in [0, 0.05) is 30.9 Å². The van der Waals surface area contributed by atoms with Gasteiger partial charge >= 0.3 is 0 Å². The highest BCUT2D eigenvalue weighted by Crippen LogP contribution is 2.25.